The predicted molar refractivity (Wildman–Crippen MR) is 143 cm³/mol. The van der Waals surface area contributed by atoms with E-state index in [9.17, 15) is 4.57 Å². The molecule has 0 N–H and O–H groups in total. The van der Waals surface area contributed by atoms with Gasteiger partial charge in [0.2, 0.25) is 0 Å². The third kappa shape index (κ3) is 4.96. The molecule has 0 amide bonds. The smallest absolute Gasteiger partial charge is 0.147 e. The molecule has 1 nitrogen and oxygen atoms in total. The maximum atomic E-state index is 14.9. The zero-order valence-corrected chi connectivity index (χ0v) is 21.0. The highest BCUT2D eigenvalue weighted by Gasteiger charge is 2.32. The lowest BCUT2D eigenvalue weighted by atomic mass is 10.2. The Hall–Kier alpha value is -2.46. The molecule has 0 radical (unpaired) electrons. The molecule has 3 heteroatoms. The van der Waals surface area contributed by atoms with Crippen LogP contribution in [0.2, 0.25) is 0 Å². The topological polar surface area (TPSA) is 17.1 Å². The van der Waals surface area contributed by atoms with Crippen LogP contribution in [0.1, 0.15) is 22.3 Å². The molecule has 4 aromatic rings. The summed E-state index contributed by atoms with van der Waals surface area (Å²) in [5.41, 5.74) is 4.85. The maximum Gasteiger partial charge on any atom is 0.147 e. The monoisotopic (exact) mass is 456 g/mol. The average molecular weight is 457 g/mol. The first-order chi connectivity index (χ1) is 15.3. The van der Waals surface area contributed by atoms with Gasteiger partial charge in [0.15, 0.2) is 0 Å². The molecule has 32 heavy (non-hydrogen) atoms. The molecule has 0 saturated heterocycles. The van der Waals surface area contributed by atoms with Gasteiger partial charge in [0.25, 0.3) is 0 Å². The largest absolute Gasteiger partial charge is 0.313 e. The van der Waals surface area contributed by atoms with Gasteiger partial charge in [-0.2, -0.15) is 0 Å². The molecule has 0 aromatic heterocycles. The second-order valence-corrected chi connectivity index (χ2v) is 14.2. The second-order valence-electron chi connectivity index (χ2n) is 8.65. The first-order valence-corrected chi connectivity index (χ1v) is 14.4. The maximum absolute atomic E-state index is 14.9. The fraction of sp³-hybridized carbons (Fsp3) is 0.172. The molecule has 0 bridgehead atoms. The number of hydrogen-bond donors (Lipinski definition) is 0. The van der Waals surface area contributed by atoms with E-state index in [0.717, 1.165) is 10.6 Å². The lowest BCUT2D eigenvalue weighted by molar-refractivity contribution is 0.589. The van der Waals surface area contributed by atoms with Crippen molar-refractivity contribution in [2.45, 2.75) is 27.7 Å². The van der Waals surface area contributed by atoms with Crippen molar-refractivity contribution in [3.63, 3.8) is 0 Å². The van der Waals surface area contributed by atoms with Gasteiger partial charge in [0.1, 0.15) is 7.14 Å². The lowest BCUT2D eigenvalue weighted by Crippen LogP contribution is -2.23. The minimum absolute atomic E-state index is 0.626. The van der Waals surface area contributed by atoms with E-state index in [-0.39, 0.29) is 0 Å². The summed E-state index contributed by atoms with van der Waals surface area (Å²) in [6, 6.07) is 34.1. The van der Waals surface area contributed by atoms with E-state index in [4.69, 9.17) is 0 Å². The van der Waals surface area contributed by atoms with Crippen molar-refractivity contribution in [1.82, 2.24) is 0 Å². The highest BCUT2D eigenvalue weighted by Crippen LogP contribution is 2.54. The van der Waals surface area contributed by atoms with Crippen molar-refractivity contribution in [1.29, 1.82) is 0 Å². The normalized spacial score (nSPS) is 11.7. The van der Waals surface area contributed by atoms with Gasteiger partial charge < -0.3 is 4.57 Å². The van der Waals surface area contributed by atoms with Gasteiger partial charge >= 0.3 is 0 Å². The quantitative estimate of drug-likeness (QED) is 0.310. The zero-order valence-electron chi connectivity index (χ0n) is 19.2. The van der Waals surface area contributed by atoms with Crippen molar-refractivity contribution < 1.29 is 4.57 Å². The summed E-state index contributed by atoms with van der Waals surface area (Å²) in [4.78, 5) is 0. The fourth-order valence-corrected chi connectivity index (χ4v) is 10.9. The Morgan fingerprint density at radius 1 is 0.500 bits per heavy atom. The van der Waals surface area contributed by atoms with E-state index in [0.29, 0.717) is 5.90 Å². The van der Waals surface area contributed by atoms with E-state index < -0.39 is 15.1 Å². The van der Waals surface area contributed by atoms with E-state index in [1.165, 1.54) is 32.9 Å². The first-order valence-electron chi connectivity index (χ1n) is 11.0. The third-order valence-corrected chi connectivity index (χ3v) is 12.8. The summed E-state index contributed by atoms with van der Waals surface area (Å²) in [7, 11) is -3.64. The Kier molecular flexibility index (Phi) is 6.80. The molecule has 0 aliphatic rings. The van der Waals surface area contributed by atoms with Crippen LogP contribution < -0.4 is 21.2 Å². The van der Waals surface area contributed by atoms with E-state index in [1.54, 1.807) is 0 Å². The molecule has 0 heterocycles. The van der Waals surface area contributed by atoms with Crippen molar-refractivity contribution in [2.75, 3.05) is 5.90 Å². The van der Waals surface area contributed by atoms with Gasteiger partial charge in [-0.1, -0.05) is 119 Å². The fourth-order valence-electron chi connectivity index (χ4n) is 3.84. The Morgan fingerprint density at radius 3 is 1.09 bits per heavy atom. The molecule has 0 aliphatic heterocycles. The Bertz CT molecular complexity index is 1130. The molecule has 4 rings (SSSR count). The summed E-state index contributed by atoms with van der Waals surface area (Å²) in [5.74, 6) is 0.626. The SMILES string of the molecule is Cc1ccc(P(CP(=O)(c2ccc(C)cc2)c2ccc(C)cc2)c2ccc(C)cc2)cc1. The average Bonchev–Trinajstić information content (AvgIpc) is 2.79. The van der Waals surface area contributed by atoms with Crippen molar-refractivity contribution >= 4 is 36.3 Å². The van der Waals surface area contributed by atoms with Crippen LogP contribution in [0.25, 0.3) is 0 Å². The van der Waals surface area contributed by atoms with Gasteiger partial charge in [0.05, 0.1) is 0 Å². The molecule has 0 unspecified atom stereocenters. The van der Waals surface area contributed by atoms with E-state index in [1.807, 2.05) is 0 Å². The van der Waals surface area contributed by atoms with Crippen LogP contribution in [0.3, 0.4) is 0 Å². The predicted octanol–water partition coefficient (Wildman–Crippen LogP) is 6.32. The summed E-state index contributed by atoms with van der Waals surface area (Å²) >= 11 is 0. The third-order valence-electron chi connectivity index (χ3n) is 5.93. The Morgan fingerprint density at radius 2 is 0.781 bits per heavy atom. The second kappa shape index (κ2) is 9.58. The van der Waals surface area contributed by atoms with Crippen LogP contribution in [-0.4, -0.2) is 5.90 Å². The molecule has 0 fully saturated rings. The van der Waals surface area contributed by atoms with Crippen molar-refractivity contribution in [3.8, 4) is 0 Å². The molecule has 0 spiro atoms. The van der Waals surface area contributed by atoms with Crippen LogP contribution in [0, 0.1) is 27.7 Å². The Labute approximate surface area is 193 Å². The number of hydrogen-bond acceptors (Lipinski definition) is 1. The summed E-state index contributed by atoms with van der Waals surface area (Å²) in [5, 5.41) is 4.43. The number of rotatable bonds is 6. The molecule has 0 aliphatic carbocycles. The summed E-state index contributed by atoms with van der Waals surface area (Å²) < 4.78 is 14.9. The van der Waals surface area contributed by atoms with Crippen LogP contribution >= 0.6 is 15.1 Å². The molecular weight excluding hydrogens is 426 g/mol. The summed E-state index contributed by atoms with van der Waals surface area (Å²) in [6.45, 7) is 8.38. The van der Waals surface area contributed by atoms with Gasteiger partial charge in [-0.05, 0) is 46.2 Å². The van der Waals surface area contributed by atoms with E-state index >= 15 is 0 Å². The molecule has 4 aromatic carbocycles. The van der Waals surface area contributed by atoms with Crippen LogP contribution in [0.15, 0.2) is 97.1 Å². The zero-order chi connectivity index (χ0) is 22.7. The van der Waals surface area contributed by atoms with Gasteiger partial charge in [-0.25, -0.2) is 0 Å². The minimum atomic E-state index is -2.85. The van der Waals surface area contributed by atoms with Crippen LogP contribution in [0.4, 0.5) is 0 Å². The number of aryl methyl sites for hydroxylation is 4. The van der Waals surface area contributed by atoms with E-state index in [2.05, 4.69) is 125 Å². The highest BCUT2D eigenvalue weighted by molar-refractivity contribution is 7.91. The lowest BCUT2D eigenvalue weighted by Gasteiger charge is -2.27. The summed E-state index contributed by atoms with van der Waals surface area (Å²) in [6.07, 6.45) is 0. The minimum Gasteiger partial charge on any atom is -0.313 e. The first kappa shape index (κ1) is 22.7. The molecule has 0 atom stereocenters. The standard InChI is InChI=1S/C29H30OP2/c1-22-5-13-26(14-6-22)31(27-15-7-23(2)8-16-27)21-32(30,28-17-9-24(3)10-18-28)29-19-11-25(4)12-20-29/h5-20H,21H2,1-4H3. The molecule has 0 saturated carbocycles. The van der Waals surface area contributed by atoms with Crippen LogP contribution in [0.5, 0.6) is 0 Å². The van der Waals surface area contributed by atoms with Crippen molar-refractivity contribution in [2.24, 2.45) is 0 Å². The number of benzene rings is 4. The Balaban J connectivity index is 1.86. The van der Waals surface area contributed by atoms with Gasteiger partial charge in [-0.15, -0.1) is 0 Å². The molecule has 162 valence electrons. The highest BCUT2D eigenvalue weighted by atomic mass is 31.2. The van der Waals surface area contributed by atoms with Crippen molar-refractivity contribution in [3.05, 3.63) is 119 Å². The molecular formula is C29H30OP2. The van der Waals surface area contributed by atoms with Gasteiger partial charge in [-0.3, -0.25) is 0 Å². The van der Waals surface area contributed by atoms with Gasteiger partial charge in [0, 0.05) is 16.5 Å². The van der Waals surface area contributed by atoms with Crippen LogP contribution in [-0.2, 0) is 4.57 Å².